The second kappa shape index (κ2) is 6.32. The van der Waals surface area contributed by atoms with Gasteiger partial charge in [0.25, 0.3) is 5.91 Å². The number of hydrogen-bond donors (Lipinski definition) is 1. The molecule has 1 amide bonds. The Kier molecular flexibility index (Phi) is 4.36. The van der Waals surface area contributed by atoms with Gasteiger partial charge in [-0.15, -0.1) is 5.10 Å². The van der Waals surface area contributed by atoms with Crippen molar-refractivity contribution in [3.63, 3.8) is 0 Å². The zero-order valence-electron chi connectivity index (χ0n) is 14.3. The summed E-state index contributed by atoms with van der Waals surface area (Å²) in [6.45, 7) is 6.73. The van der Waals surface area contributed by atoms with Crippen LogP contribution in [-0.4, -0.2) is 49.0 Å². The number of hydrogen-bond acceptors (Lipinski definition) is 5. The molecule has 0 radical (unpaired) electrons. The summed E-state index contributed by atoms with van der Waals surface area (Å²) in [5.74, 6) is -0.107. The molecule has 7 nitrogen and oxygen atoms in total. The molecule has 3 rings (SSSR count). The average Bonchev–Trinajstić information content (AvgIpc) is 3.22. The summed E-state index contributed by atoms with van der Waals surface area (Å²) in [4.78, 5) is 18.5. The summed E-state index contributed by atoms with van der Waals surface area (Å²) in [5.41, 5.74) is 0.963. The fourth-order valence-electron chi connectivity index (χ4n) is 2.90. The number of aliphatic hydroxyl groups is 1. The molecule has 0 saturated carbocycles. The van der Waals surface area contributed by atoms with E-state index in [1.165, 1.54) is 0 Å². The van der Waals surface area contributed by atoms with Gasteiger partial charge < -0.3 is 10.0 Å². The van der Waals surface area contributed by atoms with Gasteiger partial charge in [0.15, 0.2) is 0 Å². The predicted octanol–water partition coefficient (Wildman–Crippen LogP) is 1.55. The monoisotopic (exact) mass is 329 g/mol. The normalized spacial score (nSPS) is 20.8. The van der Waals surface area contributed by atoms with Crippen molar-refractivity contribution in [1.82, 2.24) is 24.9 Å². The van der Waals surface area contributed by atoms with Crippen molar-refractivity contribution in [2.45, 2.75) is 45.3 Å². The van der Waals surface area contributed by atoms with Crippen molar-refractivity contribution in [3.8, 4) is 0 Å². The number of nitrogens with zero attached hydrogens (tertiary/aromatic N) is 5. The van der Waals surface area contributed by atoms with E-state index in [-0.39, 0.29) is 18.5 Å². The van der Waals surface area contributed by atoms with Crippen LogP contribution in [0.4, 0.5) is 0 Å². The molecular weight excluding hydrogens is 306 g/mol. The number of rotatable bonds is 4. The Morgan fingerprint density at radius 1 is 1.42 bits per heavy atom. The van der Waals surface area contributed by atoms with Crippen LogP contribution in [-0.2, 0) is 12.0 Å². The minimum Gasteiger partial charge on any atom is -0.381 e. The van der Waals surface area contributed by atoms with Gasteiger partial charge in [-0.2, -0.15) is 0 Å². The standard InChI is InChI=1S/C17H23N5O2/c1-4-13-7-14(9-18-8-13)16(23)21-6-5-17(24,11-21)15-10-22(12(2)3)20-19-15/h7-10,12,24H,4-6,11H2,1-3H3/t17-/m0/s1. The van der Waals surface area contributed by atoms with E-state index in [0.717, 1.165) is 12.0 Å². The highest BCUT2D eigenvalue weighted by molar-refractivity contribution is 5.94. The SMILES string of the molecule is CCc1cncc(C(=O)N2CC[C@@](O)(c3cn(C(C)C)nn3)C2)c1. The molecule has 0 spiro atoms. The second-order valence-corrected chi connectivity index (χ2v) is 6.62. The summed E-state index contributed by atoms with van der Waals surface area (Å²) in [6, 6.07) is 2.04. The molecule has 0 unspecified atom stereocenters. The van der Waals surface area contributed by atoms with Gasteiger partial charge in [0.2, 0.25) is 0 Å². The maximum atomic E-state index is 12.7. The minimum atomic E-state index is -1.14. The Bertz CT molecular complexity index is 742. The van der Waals surface area contributed by atoms with Gasteiger partial charge in [-0.25, -0.2) is 4.68 Å². The average molecular weight is 329 g/mol. The number of carbonyl (C=O) groups excluding carboxylic acids is 1. The molecule has 24 heavy (non-hydrogen) atoms. The Hall–Kier alpha value is -2.28. The summed E-state index contributed by atoms with van der Waals surface area (Å²) < 4.78 is 1.71. The first-order valence-corrected chi connectivity index (χ1v) is 8.31. The first-order chi connectivity index (χ1) is 11.4. The lowest BCUT2D eigenvalue weighted by atomic mass is 10.00. The molecule has 1 aliphatic rings. The van der Waals surface area contributed by atoms with Crippen LogP contribution in [0.3, 0.4) is 0 Å². The quantitative estimate of drug-likeness (QED) is 0.920. The molecular formula is C17H23N5O2. The van der Waals surface area contributed by atoms with Crippen LogP contribution < -0.4 is 0 Å². The lowest BCUT2D eigenvalue weighted by Crippen LogP contribution is -2.34. The number of carbonyl (C=O) groups is 1. The molecule has 2 aromatic heterocycles. The third-order valence-corrected chi connectivity index (χ3v) is 4.50. The van der Waals surface area contributed by atoms with Gasteiger partial charge in [0, 0.05) is 31.4 Å². The topological polar surface area (TPSA) is 84.1 Å². The molecule has 1 fully saturated rings. The van der Waals surface area contributed by atoms with E-state index in [1.54, 1.807) is 28.2 Å². The Labute approximate surface area is 141 Å². The summed E-state index contributed by atoms with van der Waals surface area (Å²) in [7, 11) is 0. The van der Waals surface area contributed by atoms with Gasteiger partial charge in [-0.1, -0.05) is 12.1 Å². The molecule has 1 atom stereocenters. The van der Waals surface area contributed by atoms with E-state index in [2.05, 4.69) is 15.3 Å². The van der Waals surface area contributed by atoms with Crippen LogP contribution in [0.5, 0.6) is 0 Å². The summed E-state index contributed by atoms with van der Waals surface area (Å²) in [5, 5.41) is 19.0. The van der Waals surface area contributed by atoms with Crippen LogP contribution in [0.1, 0.15) is 54.8 Å². The summed E-state index contributed by atoms with van der Waals surface area (Å²) >= 11 is 0. The predicted molar refractivity (Wildman–Crippen MR) is 88.4 cm³/mol. The van der Waals surface area contributed by atoms with E-state index in [9.17, 15) is 9.90 Å². The number of aryl methyl sites for hydroxylation is 1. The smallest absolute Gasteiger partial charge is 0.255 e. The number of pyridine rings is 1. The molecule has 1 saturated heterocycles. The number of aromatic nitrogens is 4. The van der Waals surface area contributed by atoms with E-state index < -0.39 is 5.60 Å². The van der Waals surface area contributed by atoms with Crippen LogP contribution in [0.25, 0.3) is 0 Å². The first-order valence-electron chi connectivity index (χ1n) is 8.31. The molecule has 1 N–H and O–H groups in total. The van der Waals surface area contributed by atoms with Gasteiger partial charge in [-0.3, -0.25) is 9.78 Å². The lowest BCUT2D eigenvalue weighted by molar-refractivity contribution is 0.0381. The summed E-state index contributed by atoms with van der Waals surface area (Å²) in [6.07, 6.45) is 6.39. The molecule has 3 heterocycles. The van der Waals surface area contributed by atoms with Crippen LogP contribution >= 0.6 is 0 Å². The van der Waals surface area contributed by atoms with Crippen molar-refractivity contribution in [2.24, 2.45) is 0 Å². The molecule has 0 aliphatic carbocycles. The van der Waals surface area contributed by atoms with Gasteiger partial charge in [-0.05, 0) is 31.9 Å². The minimum absolute atomic E-state index is 0.107. The molecule has 2 aromatic rings. The van der Waals surface area contributed by atoms with Gasteiger partial charge in [0.05, 0.1) is 18.3 Å². The van der Waals surface area contributed by atoms with Crippen LogP contribution in [0.15, 0.2) is 24.7 Å². The molecule has 1 aliphatic heterocycles. The van der Waals surface area contributed by atoms with E-state index >= 15 is 0 Å². The number of likely N-dealkylation sites (tertiary alicyclic amines) is 1. The first kappa shape index (κ1) is 16.6. The maximum absolute atomic E-state index is 12.7. The fraction of sp³-hybridized carbons (Fsp3) is 0.529. The van der Waals surface area contributed by atoms with Crippen molar-refractivity contribution in [3.05, 3.63) is 41.5 Å². The Morgan fingerprint density at radius 2 is 2.21 bits per heavy atom. The highest BCUT2D eigenvalue weighted by atomic mass is 16.3. The zero-order valence-corrected chi connectivity index (χ0v) is 14.3. The highest BCUT2D eigenvalue weighted by Gasteiger charge is 2.42. The molecule has 0 bridgehead atoms. The Morgan fingerprint density at radius 3 is 2.88 bits per heavy atom. The molecule has 128 valence electrons. The fourth-order valence-corrected chi connectivity index (χ4v) is 2.90. The third kappa shape index (κ3) is 3.03. The second-order valence-electron chi connectivity index (χ2n) is 6.62. The molecule has 0 aromatic carbocycles. The van der Waals surface area contributed by atoms with E-state index in [1.807, 2.05) is 26.8 Å². The third-order valence-electron chi connectivity index (χ3n) is 4.50. The maximum Gasteiger partial charge on any atom is 0.255 e. The molecule has 7 heteroatoms. The van der Waals surface area contributed by atoms with Crippen molar-refractivity contribution in [2.75, 3.05) is 13.1 Å². The van der Waals surface area contributed by atoms with Crippen LogP contribution in [0.2, 0.25) is 0 Å². The lowest BCUT2D eigenvalue weighted by Gasteiger charge is -2.21. The van der Waals surface area contributed by atoms with Crippen molar-refractivity contribution >= 4 is 5.91 Å². The zero-order chi connectivity index (χ0) is 17.3. The number of amides is 1. The highest BCUT2D eigenvalue weighted by Crippen LogP contribution is 2.31. The van der Waals surface area contributed by atoms with Crippen molar-refractivity contribution < 1.29 is 9.90 Å². The largest absolute Gasteiger partial charge is 0.381 e. The number of β-amino-alcohol motifs (C(OH)–C–C–N with tert-alkyl or cyclic N) is 1. The van der Waals surface area contributed by atoms with Crippen LogP contribution in [0, 0.1) is 0 Å². The van der Waals surface area contributed by atoms with E-state index in [0.29, 0.717) is 24.2 Å². The van der Waals surface area contributed by atoms with Gasteiger partial charge in [0.1, 0.15) is 11.3 Å². The van der Waals surface area contributed by atoms with Crippen molar-refractivity contribution in [1.29, 1.82) is 0 Å². The Balaban J connectivity index is 1.77. The van der Waals surface area contributed by atoms with Gasteiger partial charge >= 0.3 is 0 Å². The van der Waals surface area contributed by atoms with E-state index in [4.69, 9.17) is 0 Å².